The second-order valence-corrected chi connectivity index (χ2v) is 9.99. The Bertz CT molecular complexity index is 1610. The Hall–Kier alpha value is -5.73. The van der Waals surface area contributed by atoms with Crippen LogP contribution in [0.2, 0.25) is 0 Å². The third kappa shape index (κ3) is 6.19. The zero-order valence-electron chi connectivity index (χ0n) is 22.6. The molecular weight excluding hydrogens is 534 g/mol. The van der Waals surface area contributed by atoms with Crippen molar-refractivity contribution >= 4 is 0 Å². The van der Waals surface area contributed by atoms with Gasteiger partial charge >= 0.3 is 0 Å². The molecule has 210 valence electrons. The minimum atomic E-state index is 0.566. The van der Waals surface area contributed by atoms with Gasteiger partial charge in [0.25, 0.3) is 0 Å². The molecule has 0 aliphatic rings. The highest BCUT2D eigenvalue weighted by atomic mass is 15.4. The smallest absolute Gasteiger partial charge is 0.104 e. The Morgan fingerprint density at radius 3 is 1.02 bits per heavy atom. The number of benzene rings is 1. The molecule has 0 fully saturated rings. The first-order valence-corrected chi connectivity index (χ1v) is 13.4. The first-order chi connectivity index (χ1) is 20.7. The molecule has 42 heavy (non-hydrogen) atoms. The first-order valence-electron chi connectivity index (χ1n) is 13.4. The second-order valence-electron chi connectivity index (χ2n) is 9.99. The molecule has 0 saturated carbocycles. The van der Waals surface area contributed by atoms with Gasteiger partial charge in [0.2, 0.25) is 0 Å². The van der Waals surface area contributed by atoms with Gasteiger partial charge in [0.1, 0.15) is 17.1 Å². The third-order valence-electron chi connectivity index (χ3n) is 6.55. The van der Waals surface area contributed by atoms with Crippen molar-refractivity contribution in [2.24, 2.45) is 0 Å². The Morgan fingerprint density at radius 2 is 0.738 bits per heavy atom. The maximum absolute atomic E-state index is 4.35. The van der Waals surface area contributed by atoms with Crippen LogP contribution in [0.3, 0.4) is 0 Å². The Morgan fingerprint density at radius 1 is 0.405 bits per heavy atom. The summed E-state index contributed by atoms with van der Waals surface area (Å²) in [6.45, 7) is 3.40. The zero-order chi connectivity index (χ0) is 28.1. The molecule has 0 aliphatic heterocycles. The van der Waals surface area contributed by atoms with E-state index in [1.807, 2.05) is 83.5 Å². The molecule has 0 spiro atoms. The van der Waals surface area contributed by atoms with E-state index in [2.05, 4.69) is 64.4 Å². The van der Waals surface area contributed by atoms with Crippen LogP contribution in [0.5, 0.6) is 0 Å². The average molecular weight is 562 g/mol. The van der Waals surface area contributed by atoms with Crippen molar-refractivity contribution in [2.75, 3.05) is 0 Å². The van der Waals surface area contributed by atoms with Crippen molar-refractivity contribution in [1.82, 2.24) is 74.3 Å². The van der Waals surface area contributed by atoms with Crippen LogP contribution in [0.4, 0.5) is 0 Å². The molecule has 6 aromatic heterocycles. The number of hydrogen-bond acceptors (Lipinski definition) is 9. The van der Waals surface area contributed by atoms with Crippen LogP contribution in [0, 0.1) is 0 Å². The molecule has 0 radical (unpaired) electrons. The predicted molar refractivity (Wildman–Crippen MR) is 148 cm³/mol. The lowest BCUT2D eigenvalue weighted by atomic mass is 10.1. The van der Waals surface area contributed by atoms with Gasteiger partial charge in [0.05, 0.1) is 57.9 Å². The van der Waals surface area contributed by atoms with E-state index in [0.717, 1.165) is 33.8 Å². The lowest BCUT2D eigenvalue weighted by Gasteiger charge is -2.10. The summed E-state index contributed by atoms with van der Waals surface area (Å²) in [4.78, 5) is 0. The maximum Gasteiger partial charge on any atom is 0.104 e. The zero-order valence-corrected chi connectivity index (χ0v) is 22.6. The molecular formula is C27H27N15. The molecule has 0 amide bonds. The van der Waals surface area contributed by atoms with Gasteiger partial charge < -0.3 is 0 Å². The summed E-state index contributed by atoms with van der Waals surface area (Å²) in [5.74, 6) is 0. The molecule has 6 heterocycles. The van der Waals surface area contributed by atoms with Crippen molar-refractivity contribution in [3.8, 4) is 0 Å². The van der Waals surface area contributed by atoms with Crippen molar-refractivity contribution in [2.45, 2.75) is 39.3 Å². The summed E-state index contributed by atoms with van der Waals surface area (Å²) < 4.78 is 11.0. The maximum atomic E-state index is 4.35. The Labute approximate surface area is 239 Å². The highest BCUT2D eigenvalue weighted by Crippen LogP contribution is 2.15. The van der Waals surface area contributed by atoms with Crippen LogP contribution in [0.15, 0.2) is 92.2 Å². The van der Waals surface area contributed by atoms with Gasteiger partial charge in [0, 0.05) is 37.2 Å². The molecule has 7 aromatic rings. The molecule has 0 saturated heterocycles. The first kappa shape index (κ1) is 25.3. The second kappa shape index (κ2) is 11.4. The van der Waals surface area contributed by atoms with Crippen LogP contribution in [0.1, 0.15) is 33.8 Å². The minimum absolute atomic E-state index is 0.566. The summed E-state index contributed by atoms with van der Waals surface area (Å²) in [6.07, 6.45) is 16.8. The average Bonchev–Trinajstić information content (AvgIpc) is 3.80. The fourth-order valence-corrected chi connectivity index (χ4v) is 4.82. The highest BCUT2D eigenvalue weighted by Gasteiger charge is 2.10. The SMILES string of the molecule is c1cnn(Cc2cn(Cc3cc(Cn4cc(Cn5cccn5)nn4)cc(Cn4cc(Cn5cccn5)nn4)c3)nn2)c1. The van der Waals surface area contributed by atoms with Gasteiger partial charge in [-0.2, -0.15) is 15.3 Å². The summed E-state index contributed by atoms with van der Waals surface area (Å²) in [5, 5.41) is 38.8. The lowest BCUT2D eigenvalue weighted by molar-refractivity contribution is 0.627. The van der Waals surface area contributed by atoms with Gasteiger partial charge in [-0.05, 0) is 34.9 Å². The van der Waals surface area contributed by atoms with Crippen molar-refractivity contribution in [3.05, 3.63) is 126 Å². The summed E-state index contributed by atoms with van der Waals surface area (Å²) in [7, 11) is 0. The monoisotopic (exact) mass is 561 g/mol. The van der Waals surface area contributed by atoms with E-state index in [4.69, 9.17) is 0 Å². The number of rotatable bonds is 12. The fraction of sp³-hybridized carbons (Fsp3) is 0.222. The summed E-state index contributed by atoms with van der Waals surface area (Å²) >= 11 is 0. The van der Waals surface area contributed by atoms with Crippen LogP contribution in [-0.4, -0.2) is 74.3 Å². The molecule has 0 N–H and O–H groups in total. The van der Waals surface area contributed by atoms with Gasteiger partial charge in [-0.15, -0.1) is 15.3 Å². The molecule has 0 bridgehead atoms. The van der Waals surface area contributed by atoms with Crippen LogP contribution in [-0.2, 0) is 39.3 Å². The standard InChI is InChI=1S/C27H27N15/c1-4-28-37(7-1)16-25-19-40(34-31-25)13-22-10-23(14-41-20-26(32-35-41)17-38-8-2-5-29-38)12-24(11-22)15-42-21-27(33-36-42)18-39-9-3-6-30-39/h1-12,19-21H,13-18H2. The Balaban J connectivity index is 1.11. The van der Waals surface area contributed by atoms with E-state index in [-0.39, 0.29) is 0 Å². The van der Waals surface area contributed by atoms with Gasteiger partial charge in [-0.1, -0.05) is 33.8 Å². The predicted octanol–water partition coefficient (Wildman–Crippen LogP) is 1.34. The lowest BCUT2D eigenvalue weighted by Crippen LogP contribution is -2.08. The topological polar surface area (TPSA) is 146 Å². The van der Waals surface area contributed by atoms with E-state index in [0.29, 0.717) is 39.3 Å². The quantitative estimate of drug-likeness (QED) is 0.216. The van der Waals surface area contributed by atoms with Crippen LogP contribution >= 0.6 is 0 Å². The fourth-order valence-electron chi connectivity index (χ4n) is 4.82. The van der Waals surface area contributed by atoms with Crippen molar-refractivity contribution < 1.29 is 0 Å². The number of hydrogen-bond donors (Lipinski definition) is 0. The van der Waals surface area contributed by atoms with E-state index in [1.54, 1.807) is 18.6 Å². The number of nitrogens with zero attached hydrogens (tertiary/aromatic N) is 15. The highest BCUT2D eigenvalue weighted by molar-refractivity contribution is 5.31. The van der Waals surface area contributed by atoms with Crippen molar-refractivity contribution in [1.29, 1.82) is 0 Å². The molecule has 15 heteroatoms. The molecule has 0 aliphatic carbocycles. The summed E-state index contributed by atoms with van der Waals surface area (Å²) in [5.41, 5.74) is 5.80. The van der Waals surface area contributed by atoms with Gasteiger partial charge in [0.15, 0.2) is 0 Å². The van der Waals surface area contributed by atoms with Crippen LogP contribution in [0.25, 0.3) is 0 Å². The normalized spacial score (nSPS) is 11.4. The Kier molecular flexibility index (Phi) is 6.86. The van der Waals surface area contributed by atoms with E-state index < -0.39 is 0 Å². The van der Waals surface area contributed by atoms with E-state index >= 15 is 0 Å². The minimum Gasteiger partial charge on any atom is -0.267 e. The third-order valence-corrected chi connectivity index (χ3v) is 6.55. The molecule has 0 unspecified atom stereocenters. The molecule has 0 atom stereocenters. The molecule has 7 rings (SSSR count). The summed E-state index contributed by atoms with van der Waals surface area (Å²) in [6, 6.07) is 12.2. The number of aromatic nitrogens is 15. The largest absolute Gasteiger partial charge is 0.267 e. The van der Waals surface area contributed by atoms with Gasteiger partial charge in [-0.3, -0.25) is 14.0 Å². The van der Waals surface area contributed by atoms with Gasteiger partial charge in [-0.25, -0.2) is 14.0 Å². The van der Waals surface area contributed by atoms with Crippen LogP contribution < -0.4 is 0 Å². The van der Waals surface area contributed by atoms with E-state index in [9.17, 15) is 0 Å². The molecule has 15 nitrogen and oxygen atoms in total. The van der Waals surface area contributed by atoms with Crippen molar-refractivity contribution in [3.63, 3.8) is 0 Å². The molecule has 1 aromatic carbocycles. The van der Waals surface area contributed by atoms with E-state index in [1.165, 1.54) is 0 Å².